The van der Waals surface area contributed by atoms with Crippen molar-refractivity contribution < 1.29 is 29.0 Å². The lowest BCUT2D eigenvalue weighted by Gasteiger charge is -2.72. The number of Topliss-reactive ketones (excluding diaryl/α,β-unsaturated/α-hetero) is 1. The Labute approximate surface area is 326 Å². The third-order valence-electron chi connectivity index (χ3n) is 16.6. The smallest absolute Gasteiger partial charge is 0.309 e. The highest BCUT2D eigenvalue weighted by molar-refractivity contribution is 6.01. The van der Waals surface area contributed by atoms with Crippen molar-refractivity contribution in [1.82, 2.24) is 14.3 Å². The molecule has 10 nitrogen and oxygen atoms in total. The molecule has 5 aliphatic rings. The summed E-state index contributed by atoms with van der Waals surface area (Å²) in [4.78, 5) is 57.6. The van der Waals surface area contributed by atoms with E-state index in [0.29, 0.717) is 29.8 Å². The first-order valence-electron chi connectivity index (χ1n) is 20.6. The van der Waals surface area contributed by atoms with Gasteiger partial charge < -0.3 is 14.6 Å². The van der Waals surface area contributed by atoms with Gasteiger partial charge in [-0.2, -0.15) is 4.68 Å². The molecular weight excluding hydrogens is 695 g/mol. The van der Waals surface area contributed by atoms with E-state index in [1.807, 2.05) is 17.8 Å². The summed E-state index contributed by atoms with van der Waals surface area (Å²) in [6.07, 6.45) is 9.26. The van der Waals surface area contributed by atoms with Gasteiger partial charge >= 0.3 is 11.9 Å². The average Bonchev–Trinajstić information content (AvgIpc) is 3.58. The summed E-state index contributed by atoms with van der Waals surface area (Å²) in [5.74, 6) is 1.03. The van der Waals surface area contributed by atoms with Crippen LogP contribution in [0.2, 0.25) is 0 Å². The van der Waals surface area contributed by atoms with E-state index >= 15 is 0 Å². The van der Waals surface area contributed by atoms with Gasteiger partial charge in [-0.15, -0.1) is 0 Å². The summed E-state index contributed by atoms with van der Waals surface area (Å²) in [5.41, 5.74) is 1.04. The predicted octanol–water partition coefficient (Wildman–Crippen LogP) is 8.22. The molecular formula is C45H63N3O7. The Bertz CT molecular complexity index is 2000. The molecule has 5 aliphatic carbocycles. The Kier molecular flexibility index (Phi) is 9.29. The Morgan fingerprint density at radius 3 is 2.29 bits per heavy atom. The highest BCUT2D eigenvalue weighted by Crippen LogP contribution is 2.76. The van der Waals surface area contributed by atoms with Gasteiger partial charge in [-0.25, -0.2) is 4.98 Å². The number of esters is 1. The number of carboxylic acids is 1. The predicted molar refractivity (Wildman–Crippen MR) is 210 cm³/mol. The standard InChI is InChI=1S/C45H63N3O7/c1-26(2)37-29(49)23-45(32-22-35(50)48(47(32)10)34-15-12-27(54-11)25-46-34)21-20-43(8)28(38(37)45)13-14-31-42(7)18-17-33(55-36(51)24-40(3,4)39(52)53)41(5,6)30(42)16-19-44(31,43)9/h12,15,22,25-26,28,30-31,33H,13-14,16-21,23-24H2,1-11H3,(H,52,53)/t28-,30+,31-,33+,42+,43-,44-,45+/m1/s1. The van der Waals surface area contributed by atoms with Crippen LogP contribution in [0.25, 0.3) is 5.82 Å². The number of carbonyl (C=O) groups is 3. The molecule has 300 valence electrons. The van der Waals surface area contributed by atoms with Gasteiger partial charge in [-0.1, -0.05) is 48.5 Å². The molecule has 55 heavy (non-hydrogen) atoms. The highest BCUT2D eigenvalue weighted by atomic mass is 16.5. The Morgan fingerprint density at radius 2 is 1.67 bits per heavy atom. The summed E-state index contributed by atoms with van der Waals surface area (Å²) in [5, 5.41) is 9.64. The normalized spacial score (nSPS) is 35.5. The number of hydrogen-bond donors (Lipinski definition) is 1. The molecule has 2 aromatic rings. The topological polar surface area (TPSA) is 130 Å². The number of rotatable bonds is 8. The Hall–Kier alpha value is -3.69. The van der Waals surface area contributed by atoms with Crippen molar-refractivity contribution in [1.29, 1.82) is 0 Å². The lowest BCUT2D eigenvalue weighted by molar-refractivity contribution is -0.232. The maximum absolute atomic E-state index is 14.3. The molecule has 10 heteroatoms. The van der Waals surface area contributed by atoms with E-state index in [4.69, 9.17) is 9.47 Å². The van der Waals surface area contributed by atoms with Crippen molar-refractivity contribution in [3.8, 4) is 11.6 Å². The number of allylic oxidation sites excluding steroid dienone is 2. The summed E-state index contributed by atoms with van der Waals surface area (Å²) in [6.45, 7) is 19.6. The van der Waals surface area contributed by atoms with E-state index < -0.39 is 22.8 Å². The van der Waals surface area contributed by atoms with Gasteiger partial charge in [0.2, 0.25) is 0 Å². The fourth-order valence-corrected chi connectivity index (χ4v) is 13.6. The largest absolute Gasteiger partial charge is 0.495 e. The van der Waals surface area contributed by atoms with Gasteiger partial charge in [-0.05, 0) is 128 Å². The first-order valence-corrected chi connectivity index (χ1v) is 20.6. The average molecular weight is 758 g/mol. The minimum absolute atomic E-state index is 0.0178. The molecule has 0 bridgehead atoms. The minimum atomic E-state index is -1.18. The maximum Gasteiger partial charge on any atom is 0.309 e. The highest BCUT2D eigenvalue weighted by Gasteiger charge is 2.70. The zero-order valence-corrected chi connectivity index (χ0v) is 35.0. The van der Waals surface area contributed by atoms with Gasteiger partial charge in [0.05, 0.1) is 30.8 Å². The van der Waals surface area contributed by atoms with Crippen molar-refractivity contribution in [2.75, 3.05) is 7.11 Å². The zero-order valence-electron chi connectivity index (χ0n) is 35.0. The fraction of sp³-hybridized carbons (Fsp3) is 0.711. The second-order valence-corrected chi connectivity index (χ2v) is 20.2. The number of ketones is 1. The van der Waals surface area contributed by atoms with E-state index in [2.05, 4.69) is 53.5 Å². The molecule has 1 N–H and O–H groups in total. The summed E-state index contributed by atoms with van der Waals surface area (Å²) in [6, 6.07) is 5.37. The third-order valence-corrected chi connectivity index (χ3v) is 16.6. The fourth-order valence-electron chi connectivity index (χ4n) is 13.6. The maximum atomic E-state index is 14.3. The van der Waals surface area contributed by atoms with Crippen LogP contribution in [0.1, 0.15) is 132 Å². The molecule has 0 saturated heterocycles. The molecule has 0 aromatic carbocycles. The molecule has 0 spiro atoms. The van der Waals surface area contributed by atoms with Crippen LogP contribution >= 0.6 is 0 Å². The van der Waals surface area contributed by atoms with Gasteiger partial charge in [0.25, 0.3) is 5.56 Å². The number of fused-ring (bicyclic) bond motifs is 7. The molecule has 7 rings (SSSR count). The van der Waals surface area contributed by atoms with Crippen LogP contribution in [0.3, 0.4) is 0 Å². The van der Waals surface area contributed by atoms with E-state index in [1.54, 1.807) is 44.0 Å². The van der Waals surface area contributed by atoms with Gasteiger partial charge in [0.15, 0.2) is 11.6 Å². The van der Waals surface area contributed by atoms with Gasteiger partial charge in [0, 0.05) is 30.4 Å². The number of nitrogens with zero attached hydrogens (tertiary/aromatic N) is 3. The lowest BCUT2D eigenvalue weighted by atomic mass is 9.33. The molecule has 0 amide bonds. The molecule has 2 heterocycles. The second-order valence-electron chi connectivity index (χ2n) is 20.2. The van der Waals surface area contributed by atoms with Gasteiger partial charge in [0.1, 0.15) is 11.9 Å². The Morgan fingerprint density at radius 1 is 0.964 bits per heavy atom. The number of methoxy groups -OCH3 is 1. The molecule has 0 aliphatic heterocycles. The van der Waals surface area contributed by atoms with Crippen molar-refractivity contribution in [3.63, 3.8) is 0 Å². The first kappa shape index (κ1) is 39.5. The molecule has 0 radical (unpaired) electrons. The van der Waals surface area contributed by atoms with Crippen LogP contribution in [0.4, 0.5) is 0 Å². The van der Waals surface area contributed by atoms with Crippen molar-refractivity contribution >= 4 is 17.7 Å². The van der Waals surface area contributed by atoms with Gasteiger partial charge in [-0.3, -0.25) is 23.9 Å². The van der Waals surface area contributed by atoms with E-state index in [-0.39, 0.29) is 57.4 Å². The number of carboxylic acid groups (broad SMARTS) is 1. The lowest BCUT2D eigenvalue weighted by Crippen LogP contribution is -2.66. The van der Waals surface area contributed by atoms with E-state index in [1.165, 1.54) is 5.57 Å². The number of aromatic nitrogens is 3. The van der Waals surface area contributed by atoms with Crippen LogP contribution in [0.5, 0.6) is 5.75 Å². The van der Waals surface area contributed by atoms with Crippen LogP contribution in [0.15, 0.2) is 40.3 Å². The number of hydrogen-bond acceptors (Lipinski definition) is 7. The quantitative estimate of drug-likeness (QED) is 0.267. The molecule has 4 saturated carbocycles. The molecule has 0 unspecified atom stereocenters. The molecule has 2 aromatic heterocycles. The van der Waals surface area contributed by atoms with E-state index in [9.17, 15) is 24.3 Å². The number of carbonyl (C=O) groups excluding carboxylic acids is 2. The molecule has 8 atom stereocenters. The zero-order chi connectivity index (χ0) is 40.3. The molecule has 4 fully saturated rings. The van der Waals surface area contributed by atoms with E-state index in [0.717, 1.165) is 62.6 Å². The first-order chi connectivity index (χ1) is 25.6. The number of aliphatic carboxylic acids is 1. The summed E-state index contributed by atoms with van der Waals surface area (Å²) in [7, 11) is 3.53. The summed E-state index contributed by atoms with van der Waals surface area (Å²) < 4.78 is 15.1. The second kappa shape index (κ2) is 12.9. The van der Waals surface area contributed by atoms with Crippen LogP contribution in [-0.4, -0.2) is 50.4 Å². The summed E-state index contributed by atoms with van der Waals surface area (Å²) >= 11 is 0. The monoisotopic (exact) mass is 757 g/mol. The Balaban J connectivity index is 1.23. The van der Waals surface area contributed by atoms with Crippen molar-refractivity contribution in [2.24, 2.45) is 57.8 Å². The van der Waals surface area contributed by atoms with Crippen molar-refractivity contribution in [2.45, 2.75) is 138 Å². The minimum Gasteiger partial charge on any atom is -0.495 e. The third kappa shape index (κ3) is 5.56. The van der Waals surface area contributed by atoms with Crippen molar-refractivity contribution in [3.05, 3.63) is 51.6 Å². The SMILES string of the molecule is COc1ccc(-n2c(=O)cc([C@@]34CC[C@]5(C)[C@H](CC[C@@H]6[C@@]7(C)CC[C@H](OC(=O)CC(C)(C)C(=O)O)C(C)(C)[C@@H]7CC[C@]65C)C3=C(C(C)C)C(=O)C4)n2C)nc1. The van der Waals surface area contributed by atoms with Crippen LogP contribution in [-0.2, 0) is 31.6 Å². The van der Waals surface area contributed by atoms with Crippen LogP contribution in [0, 0.1) is 50.7 Å². The van der Waals surface area contributed by atoms with Crippen LogP contribution < -0.4 is 10.3 Å². The number of ether oxygens (including phenoxy) is 2. The number of pyridine rings is 1.